The molecule has 4 rings (SSSR count). The van der Waals surface area contributed by atoms with Crippen LogP contribution in [-0.4, -0.2) is 5.91 Å². The van der Waals surface area contributed by atoms with Crippen LogP contribution in [0.2, 0.25) is 0 Å². The predicted octanol–water partition coefficient (Wildman–Crippen LogP) is 5.09. The highest BCUT2D eigenvalue weighted by molar-refractivity contribution is 8.03. The van der Waals surface area contributed by atoms with Crippen molar-refractivity contribution >= 4 is 35.1 Å². The maximum Gasteiger partial charge on any atom is 0.258 e. The Morgan fingerprint density at radius 1 is 1.32 bits per heavy atom. The third-order valence-electron chi connectivity index (χ3n) is 5.05. The smallest absolute Gasteiger partial charge is 0.258 e. The molecule has 25 heavy (non-hydrogen) atoms. The van der Waals surface area contributed by atoms with Gasteiger partial charge in [-0.15, -0.1) is 23.1 Å². The maximum absolute atomic E-state index is 12.6. The van der Waals surface area contributed by atoms with Crippen molar-refractivity contribution in [1.29, 1.82) is 0 Å². The van der Waals surface area contributed by atoms with Crippen LogP contribution in [0, 0.1) is 12.8 Å². The van der Waals surface area contributed by atoms with Gasteiger partial charge in [0.05, 0.1) is 4.91 Å². The van der Waals surface area contributed by atoms with Crippen LogP contribution in [0.25, 0.3) is 6.08 Å². The fourth-order valence-corrected chi connectivity index (χ4v) is 6.32. The van der Waals surface area contributed by atoms with Gasteiger partial charge in [-0.05, 0) is 54.9 Å². The number of rotatable bonds is 3. The Labute approximate surface area is 157 Å². The SMILES string of the molecule is Cc1cccc(CNC(=O)C2=Cc3sc4c(c3CS2)CCC(C)C4)c1. The zero-order chi connectivity index (χ0) is 17.4. The van der Waals surface area contributed by atoms with Crippen LogP contribution in [0.3, 0.4) is 0 Å². The van der Waals surface area contributed by atoms with Crippen LogP contribution < -0.4 is 5.32 Å². The predicted molar refractivity (Wildman–Crippen MR) is 108 cm³/mol. The van der Waals surface area contributed by atoms with Crippen LogP contribution in [0.5, 0.6) is 0 Å². The van der Waals surface area contributed by atoms with E-state index in [0.717, 1.165) is 22.1 Å². The molecule has 1 aliphatic heterocycles. The summed E-state index contributed by atoms with van der Waals surface area (Å²) in [6, 6.07) is 8.29. The van der Waals surface area contributed by atoms with Crippen LogP contribution >= 0.6 is 23.1 Å². The Bertz CT molecular complexity index is 850. The van der Waals surface area contributed by atoms with Gasteiger partial charge in [-0.1, -0.05) is 36.8 Å². The van der Waals surface area contributed by atoms with Gasteiger partial charge in [0.25, 0.3) is 5.91 Å². The lowest BCUT2D eigenvalue weighted by atomic mass is 9.88. The molecular formula is C21H23NOS2. The first kappa shape index (κ1) is 16.9. The van der Waals surface area contributed by atoms with E-state index in [-0.39, 0.29) is 5.91 Å². The van der Waals surface area contributed by atoms with Gasteiger partial charge in [-0.2, -0.15) is 0 Å². The minimum Gasteiger partial charge on any atom is -0.348 e. The standard InChI is InChI=1S/C21H23NOS2/c1-13-4-3-5-15(8-13)11-22-21(23)20-10-19-17(12-24-20)16-7-6-14(2)9-18(16)25-19/h3-5,8,10,14H,6-7,9,11-12H2,1-2H3,(H,22,23). The molecule has 0 radical (unpaired) electrons. The molecule has 1 amide bonds. The van der Waals surface area contributed by atoms with Gasteiger partial charge in [0.1, 0.15) is 0 Å². The largest absolute Gasteiger partial charge is 0.348 e. The Balaban J connectivity index is 1.48. The number of carbonyl (C=O) groups is 1. The van der Waals surface area contributed by atoms with Gasteiger partial charge in [0.15, 0.2) is 0 Å². The first-order valence-corrected chi connectivity index (χ1v) is 10.7. The van der Waals surface area contributed by atoms with Crippen molar-refractivity contribution < 1.29 is 4.79 Å². The summed E-state index contributed by atoms with van der Waals surface area (Å²) in [6.45, 7) is 5.01. The minimum atomic E-state index is 0.0527. The Morgan fingerprint density at radius 3 is 3.04 bits per heavy atom. The van der Waals surface area contributed by atoms with Gasteiger partial charge >= 0.3 is 0 Å². The molecular weight excluding hydrogens is 346 g/mol. The van der Waals surface area contributed by atoms with Crippen molar-refractivity contribution in [2.75, 3.05) is 0 Å². The first-order chi connectivity index (χ1) is 12.1. The summed E-state index contributed by atoms with van der Waals surface area (Å²) < 4.78 is 0. The third-order valence-corrected chi connectivity index (χ3v) is 7.34. The fraction of sp³-hybridized carbons (Fsp3) is 0.381. The topological polar surface area (TPSA) is 29.1 Å². The monoisotopic (exact) mass is 369 g/mol. The molecule has 1 aromatic heterocycles. The Kier molecular flexibility index (Phi) is 4.74. The summed E-state index contributed by atoms with van der Waals surface area (Å²) in [5.41, 5.74) is 5.45. The van der Waals surface area contributed by atoms with E-state index in [0.29, 0.717) is 6.54 Å². The number of thiophene rings is 1. The van der Waals surface area contributed by atoms with Crippen molar-refractivity contribution in [2.24, 2.45) is 5.92 Å². The normalized spacial score (nSPS) is 19.0. The molecule has 1 atom stereocenters. The number of nitrogens with one attached hydrogen (secondary N) is 1. The zero-order valence-electron chi connectivity index (χ0n) is 14.7. The average Bonchev–Trinajstić information content (AvgIpc) is 2.96. The van der Waals surface area contributed by atoms with Gasteiger partial charge < -0.3 is 5.32 Å². The Hall–Kier alpha value is -1.52. The first-order valence-electron chi connectivity index (χ1n) is 8.92. The van der Waals surface area contributed by atoms with Crippen LogP contribution in [-0.2, 0) is 29.9 Å². The lowest BCUT2D eigenvalue weighted by Gasteiger charge is -2.20. The summed E-state index contributed by atoms with van der Waals surface area (Å²) in [7, 11) is 0. The van der Waals surface area contributed by atoms with Crippen molar-refractivity contribution in [3.05, 3.63) is 61.2 Å². The average molecular weight is 370 g/mol. The van der Waals surface area contributed by atoms with E-state index >= 15 is 0 Å². The molecule has 0 bridgehead atoms. The number of hydrogen-bond acceptors (Lipinski definition) is 3. The number of aryl methyl sites for hydroxylation is 1. The number of hydrogen-bond donors (Lipinski definition) is 1. The number of amides is 1. The van der Waals surface area contributed by atoms with Gasteiger partial charge in [0, 0.05) is 22.1 Å². The molecule has 2 nitrogen and oxygen atoms in total. The van der Waals surface area contributed by atoms with Gasteiger partial charge in [0.2, 0.25) is 0 Å². The molecule has 130 valence electrons. The summed E-state index contributed by atoms with van der Waals surface area (Å²) in [4.78, 5) is 16.3. The molecule has 0 fully saturated rings. The highest BCUT2D eigenvalue weighted by Crippen LogP contribution is 2.43. The molecule has 1 aliphatic carbocycles. The second kappa shape index (κ2) is 7.00. The molecule has 0 saturated heterocycles. The maximum atomic E-state index is 12.6. The minimum absolute atomic E-state index is 0.0527. The molecule has 0 spiro atoms. The van der Waals surface area contributed by atoms with E-state index in [1.165, 1.54) is 35.3 Å². The summed E-state index contributed by atoms with van der Waals surface area (Å²) in [5.74, 6) is 1.79. The van der Waals surface area contributed by atoms with E-state index in [1.54, 1.807) is 22.2 Å². The summed E-state index contributed by atoms with van der Waals surface area (Å²) in [6.07, 6.45) is 5.84. The second-order valence-electron chi connectivity index (χ2n) is 7.16. The quantitative estimate of drug-likeness (QED) is 0.817. The van der Waals surface area contributed by atoms with E-state index in [4.69, 9.17) is 0 Å². The van der Waals surface area contributed by atoms with Crippen molar-refractivity contribution in [3.63, 3.8) is 0 Å². The third kappa shape index (κ3) is 3.56. The molecule has 4 heteroatoms. The number of fused-ring (bicyclic) bond motifs is 3. The van der Waals surface area contributed by atoms with Crippen molar-refractivity contribution in [3.8, 4) is 0 Å². The van der Waals surface area contributed by atoms with Gasteiger partial charge in [-0.25, -0.2) is 0 Å². The molecule has 2 aromatic rings. The van der Waals surface area contributed by atoms with Crippen LogP contribution in [0.1, 0.15) is 45.4 Å². The van der Waals surface area contributed by atoms with E-state index in [2.05, 4.69) is 43.4 Å². The molecule has 2 heterocycles. The number of thioether (sulfide) groups is 1. The molecule has 0 saturated carbocycles. The molecule has 1 aromatic carbocycles. The van der Waals surface area contributed by atoms with Crippen molar-refractivity contribution in [1.82, 2.24) is 5.32 Å². The molecule has 1 unspecified atom stereocenters. The van der Waals surface area contributed by atoms with E-state index in [9.17, 15) is 4.79 Å². The second-order valence-corrected chi connectivity index (χ2v) is 9.32. The summed E-state index contributed by atoms with van der Waals surface area (Å²) >= 11 is 3.60. The zero-order valence-corrected chi connectivity index (χ0v) is 16.4. The Morgan fingerprint density at radius 2 is 2.20 bits per heavy atom. The van der Waals surface area contributed by atoms with Crippen LogP contribution in [0.4, 0.5) is 0 Å². The highest BCUT2D eigenvalue weighted by atomic mass is 32.2. The van der Waals surface area contributed by atoms with Crippen molar-refractivity contribution in [2.45, 2.75) is 45.4 Å². The molecule has 2 aliphatic rings. The lowest BCUT2D eigenvalue weighted by molar-refractivity contribution is -0.116. The highest BCUT2D eigenvalue weighted by Gasteiger charge is 2.26. The summed E-state index contributed by atoms with van der Waals surface area (Å²) in [5, 5.41) is 3.07. The molecule has 1 N–H and O–H groups in total. The number of carbonyl (C=O) groups excluding carboxylic acids is 1. The number of benzene rings is 1. The van der Waals surface area contributed by atoms with Crippen LogP contribution in [0.15, 0.2) is 29.2 Å². The van der Waals surface area contributed by atoms with Gasteiger partial charge in [-0.3, -0.25) is 4.79 Å². The van der Waals surface area contributed by atoms with E-state index in [1.807, 2.05) is 17.4 Å². The lowest BCUT2D eigenvalue weighted by Crippen LogP contribution is -2.24. The van der Waals surface area contributed by atoms with E-state index < -0.39 is 0 Å². The fourth-order valence-electron chi connectivity index (χ4n) is 3.65.